The van der Waals surface area contributed by atoms with Crippen molar-refractivity contribution in [3.63, 3.8) is 0 Å². The third-order valence-corrected chi connectivity index (χ3v) is 5.81. The minimum absolute atomic E-state index is 0.142. The molecule has 5 unspecified atom stereocenters. The Morgan fingerprint density at radius 2 is 1.36 bits per heavy atom. The van der Waals surface area contributed by atoms with E-state index < -0.39 is 60.4 Å². The molecule has 1 aromatic rings. The number of nitrogens with two attached hydrogens (primary N) is 1. The molecule has 202 valence electrons. The van der Waals surface area contributed by atoms with Crippen molar-refractivity contribution in [1.82, 2.24) is 0 Å². The van der Waals surface area contributed by atoms with Crippen LogP contribution < -0.4 is 15.2 Å². The van der Waals surface area contributed by atoms with E-state index in [4.69, 9.17) is 29.4 Å². The maximum atomic E-state index is 12.3. The molecule has 36 heavy (non-hydrogen) atoms. The number of benzene rings is 1. The molecule has 0 bridgehead atoms. The van der Waals surface area contributed by atoms with E-state index in [0.717, 1.165) is 0 Å². The molecule has 6 atom stereocenters. The zero-order valence-corrected chi connectivity index (χ0v) is 21.8. The molecule has 11 heteroatoms. The van der Waals surface area contributed by atoms with Gasteiger partial charge in [-0.2, -0.15) is 0 Å². The molecule has 0 aromatic heterocycles. The third kappa shape index (κ3) is 9.37. The molecule has 1 rings (SSSR count). The molecular weight excluding hydrogens is 474 g/mol. The summed E-state index contributed by atoms with van der Waals surface area (Å²) in [5.74, 6) is -3.57. The smallest absolute Gasteiger partial charge is 0.480 e. The summed E-state index contributed by atoms with van der Waals surface area (Å²) in [5, 5.41) is 9.62. The Kier molecular flexibility index (Phi) is 12.2. The summed E-state index contributed by atoms with van der Waals surface area (Å²) >= 11 is 0. The van der Waals surface area contributed by atoms with Crippen LogP contribution in [0.1, 0.15) is 72.8 Å². The lowest BCUT2D eigenvalue weighted by Crippen LogP contribution is -2.42. The van der Waals surface area contributed by atoms with Gasteiger partial charge in [-0.15, -0.1) is 0 Å². The summed E-state index contributed by atoms with van der Waals surface area (Å²) in [6, 6.07) is 2.78. The molecule has 11 nitrogen and oxygen atoms in total. The summed E-state index contributed by atoms with van der Waals surface area (Å²) in [6.07, 6.45) is -2.46. The minimum atomic E-state index is -1.39. The van der Waals surface area contributed by atoms with Crippen LogP contribution in [0.15, 0.2) is 18.2 Å². The molecule has 0 amide bonds. The Morgan fingerprint density at radius 3 is 1.81 bits per heavy atom. The molecule has 0 aliphatic carbocycles. The quantitative estimate of drug-likeness (QED) is 0.232. The normalized spacial score (nSPS) is 15.9. The number of carbonyl (C=O) groups excluding carboxylic acids is 3. The Balaban J connectivity index is 3.46. The average Bonchev–Trinajstić information content (AvgIpc) is 2.79. The van der Waals surface area contributed by atoms with E-state index in [1.807, 2.05) is 13.8 Å². The second-order valence-corrected chi connectivity index (χ2v) is 8.65. The molecule has 0 aliphatic rings. The van der Waals surface area contributed by atoms with Gasteiger partial charge in [-0.1, -0.05) is 26.8 Å². The zero-order chi connectivity index (χ0) is 27.6. The fourth-order valence-electron chi connectivity index (χ4n) is 3.27. The molecule has 3 N–H and O–H groups in total. The molecule has 0 saturated carbocycles. The fraction of sp³-hybridized carbons (Fsp3) is 0.600. The lowest BCUT2D eigenvalue weighted by Gasteiger charge is -2.31. The van der Waals surface area contributed by atoms with Crippen LogP contribution in [-0.2, 0) is 23.8 Å². The fourth-order valence-corrected chi connectivity index (χ4v) is 3.27. The van der Waals surface area contributed by atoms with Crippen molar-refractivity contribution >= 4 is 24.2 Å². The molecule has 0 radical (unpaired) electrons. The van der Waals surface area contributed by atoms with Crippen LogP contribution in [0.2, 0.25) is 0 Å². The van der Waals surface area contributed by atoms with E-state index in [9.17, 15) is 24.3 Å². The summed E-state index contributed by atoms with van der Waals surface area (Å²) in [5.41, 5.74) is 6.36. The van der Waals surface area contributed by atoms with Crippen molar-refractivity contribution in [1.29, 1.82) is 0 Å². The minimum Gasteiger partial charge on any atom is -0.480 e. The topological polar surface area (TPSA) is 161 Å². The van der Waals surface area contributed by atoms with Crippen LogP contribution >= 0.6 is 0 Å². The summed E-state index contributed by atoms with van der Waals surface area (Å²) in [4.78, 5) is 47.8. The van der Waals surface area contributed by atoms with Crippen LogP contribution in [0.4, 0.5) is 9.59 Å². The number of aliphatic carboxylic acids is 1. The Morgan fingerprint density at radius 1 is 0.861 bits per heavy atom. The first kappa shape index (κ1) is 30.7. The molecule has 0 spiro atoms. The number of esters is 1. The number of carboxylic acid groups (broad SMARTS) is 1. The molecule has 0 saturated heterocycles. The summed E-state index contributed by atoms with van der Waals surface area (Å²) in [7, 11) is 0. The van der Waals surface area contributed by atoms with E-state index in [2.05, 4.69) is 0 Å². The van der Waals surface area contributed by atoms with Gasteiger partial charge in [0.1, 0.15) is 24.4 Å². The highest BCUT2D eigenvalue weighted by Crippen LogP contribution is 2.37. The maximum absolute atomic E-state index is 12.3. The highest BCUT2D eigenvalue weighted by Gasteiger charge is 2.35. The van der Waals surface area contributed by atoms with Gasteiger partial charge in [-0.3, -0.25) is 9.59 Å². The first-order chi connectivity index (χ1) is 16.8. The summed E-state index contributed by atoms with van der Waals surface area (Å²) < 4.78 is 26.1. The maximum Gasteiger partial charge on any atom is 0.514 e. The number of carbonyl (C=O) groups is 4. The monoisotopic (exact) mass is 511 g/mol. The van der Waals surface area contributed by atoms with Crippen molar-refractivity contribution in [3.05, 3.63) is 23.8 Å². The Hall–Kier alpha value is -3.34. The van der Waals surface area contributed by atoms with Crippen molar-refractivity contribution < 1.29 is 48.0 Å². The standard InChI is InChI=1S/C25H37NO10/c1-8-13(3)32-24(30)35-19-11-10-18(12-20(19)36-25(31)33-14(4)9-2)21(22(26)23(28)29)15(5)16(6)34-17(7)27/h10-16,21-22H,8-9,26H2,1-7H3,(H,28,29)/t13?,14?,15?,16?,21?,22-/m0/s1. The van der Waals surface area contributed by atoms with E-state index in [-0.39, 0.29) is 11.5 Å². The van der Waals surface area contributed by atoms with Crippen LogP contribution in [-0.4, -0.2) is 53.7 Å². The van der Waals surface area contributed by atoms with Gasteiger partial charge in [-0.25, -0.2) is 9.59 Å². The molecular formula is C25H37NO10. The molecule has 0 aliphatic heterocycles. The van der Waals surface area contributed by atoms with Gasteiger partial charge in [-0.05, 0) is 51.3 Å². The van der Waals surface area contributed by atoms with E-state index >= 15 is 0 Å². The van der Waals surface area contributed by atoms with Crippen LogP contribution in [0.3, 0.4) is 0 Å². The number of hydrogen-bond donors (Lipinski definition) is 2. The van der Waals surface area contributed by atoms with Gasteiger partial charge in [0.15, 0.2) is 11.5 Å². The van der Waals surface area contributed by atoms with Gasteiger partial charge < -0.3 is 34.5 Å². The van der Waals surface area contributed by atoms with Gasteiger partial charge in [0.2, 0.25) is 0 Å². The van der Waals surface area contributed by atoms with Crippen molar-refractivity contribution in [2.45, 2.75) is 91.6 Å². The predicted molar refractivity (Wildman–Crippen MR) is 129 cm³/mol. The highest BCUT2D eigenvalue weighted by atomic mass is 16.7. The first-order valence-electron chi connectivity index (χ1n) is 11.9. The van der Waals surface area contributed by atoms with E-state index in [1.54, 1.807) is 27.7 Å². The van der Waals surface area contributed by atoms with Gasteiger partial charge in [0.05, 0.1) is 0 Å². The second kappa shape index (κ2) is 14.3. The number of rotatable bonds is 12. The highest BCUT2D eigenvalue weighted by molar-refractivity contribution is 5.75. The SMILES string of the molecule is CCC(C)OC(=O)Oc1ccc(C(C(C)C(C)OC(C)=O)[C@H](N)C(=O)O)cc1OC(=O)OC(C)CC. The Labute approximate surface area is 211 Å². The van der Waals surface area contributed by atoms with Crippen LogP contribution in [0.25, 0.3) is 0 Å². The second-order valence-electron chi connectivity index (χ2n) is 8.65. The number of carboxylic acids is 1. The van der Waals surface area contributed by atoms with E-state index in [0.29, 0.717) is 18.4 Å². The number of ether oxygens (including phenoxy) is 5. The molecule has 1 aromatic carbocycles. The first-order valence-corrected chi connectivity index (χ1v) is 11.9. The molecule has 0 heterocycles. The van der Waals surface area contributed by atoms with Gasteiger partial charge >= 0.3 is 24.2 Å². The van der Waals surface area contributed by atoms with Crippen molar-refractivity contribution in [3.8, 4) is 11.5 Å². The number of hydrogen-bond acceptors (Lipinski definition) is 10. The largest absolute Gasteiger partial charge is 0.514 e. The van der Waals surface area contributed by atoms with Gasteiger partial charge in [0.25, 0.3) is 0 Å². The lowest BCUT2D eigenvalue weighted by atomic mass is 9.79. The third-order valence-electron chi connectivity index (χ3n) is 5.81. The summed E-state index contributed by atoms with van der Waals surface area (Å²) in [6.45, 7) is 11.6. The van der Waals surface area contributed by atoms with Crippen LogP contribution in [0, 0.1) is 5.92 Å². The van der Waals surface area contributed by atoms with Crippen molar-refractivity contribution in [2.75, 3.05) is 0 Å². The van der Waals surface area contributed by atoms with Gasteiger partial charge in [0, 0.05) is 18.8 Å². The lowest BCUT2D eigenvalue weighted by molar-refractivity contribution is -0.148. The van der Waals surface area contributed by atoms with E-state index in [1.165, 1.54) is 25.1 Å². The average molecular weight is 512 g/mol. The Bertz CT molecular complexity index is 918. The zero-order valence-electron chi connectivity index (χ0n) is 21.8. The van der Waals surface area contributed by atoms with Crippen molar-refractivity contribution in [2.24, 2.45) is 11.7 Å². The predicted octanol–water partition coefficient (Wildman–Crippen LogP) is 4.40. The van der Waals surface area contributed by atoms with Crippen LogP contribution in [0.5, 0.6) is 11.5 Å². The molecule has 0 fully saturated rings.